The molecule has 0 aliphatic heterocycles. The summed E-state index contributed by atoms with van der Waals surface area (Å²) in [6.45, 7) is 12.3. The monoisotopic (exact) mass is 384 g/mol. The van der Waals surface area contributed by atoms with Gasteiger partial charge in [-0.2, -0.15) is 5.26 Å². The minimum absolute atomic E-state index is 0.000739. The highest BCUT2D eigenvalue weighted by molar-refractivity contribution is 8.03. The number of nitrogens with zero attached hydrogens (tertiary/aromatic N) is 2. The van der Waals surface area contributed by atoms with Crippen molar-refractivity contribution in [1.82, 2.24) is 4.57 Å². The summed E-state index contributed by atoms with van der Waals surface area (Å²) in [7, 11) is 1.83. The molecule has 0 amide bonds. The fourth-order valence-electron chi connectivity index (χ4n) is 3.07. The molecule has 2 rings (SSSR count). The molecule has 0 radical (unpaired) electrons. The van der Waals surface area contributed by atoms with Gasteiger partial charge in [-0.1, -0.05) is 53.7 Å². The summed E-state index contributed by atoms with van der Waals surface area (Å²) in [5, 5.41) is 22.5. The van der Waals surface area contributed by atoms with Gasteiger partial charge in [-0.25, -0.2) is 0 Å². The first-order valence-corrected chi connectivity index (χ1v) is 9.78. The molecular formula is C22H28N2O2S. The molecule has 1 aromatic heterocycles. The van der Waals surface area contributed by atoms with E-state index < -0.39 is 0 Å². The highest BCUT2D eigenvalue weighted by atomic mass is 32.2. The topological polar surface area (TPSA) is 66.0 Å². The van der Waals surface area contributed by atoms with Crippen LogP contribution < -0.4 is 0 Å². The van der Waals surface area contributed by atoms with E-state index in [9.17, 15) is 9.90 Å². The second-order valence-corrected chi connectivity index (χ2v) is 9.82. The van der Waals surface area contributed by atoms with E-state index in [1.54, 1.807) is 16.8 Å². The number of hydrogen-bond donors (Lipinski definition) is 1. The van der Waals surface area contributed by atoms with Crippen LogP contribution in [0, 0.1) is 10.7 Å². The number of aryl methyl sites for hydroxylation is 1. The molecule has 2 aromatic rings. The number of phenols is 1. The van der Waals surface area contributed by atoms with Gasteiger partial charge in [0.25, 0.3) is 0 Å². The first-order valence-electron chi connectivity index (χ1n) is 8.97. The summed E-state index contributed by atoms with van der Waals surface area (Å²) < 4.78 is 1.79. The van der Waals surface area contributed by atoms with E-state index in [2.05, 4.69) is 41.5 Å². The fraction of sp³-hybridized carbons (Fsp3) is 0.455. The molecule has 0 bridgehead atoms. The molecule has 27 heavy (non-hydrogen) atoms. The van der Waals surface area contributed by atoms with Crippen molar-refractivity contribution in [3.8, 4) is 11.2 Å². The third-order valence-corrected chi connectivity index (χ3v) is 5.29. The predicted molar refractivity (Wildman–Crippen MR) is 110 cm³/mol. The van der Waals surface area contributed by atoms with Crippen LogP contribution in [-0.2, 0) is 24.3 Å². The molecule has 4 nitrogen and oxygen atoms in total. The number of aromatic hydroxyl groups is 1. The van der Waals surface area contributed by atoms with Crippen molar-refractivity contribution in [3.05, 3.63) is 46.6 Å². The van der Waals surface area contributed by atoms with Gasteiger partial charge in [-0.15, -0.1) is 0 Å². The quantitative estimate of drug-likeness (QED) is 0.440. The van der Waals surface area contributed by atoms with Crippen LogP contribution in [0.1, 0.15) is 68.6 Å². The summed E-state index contributed by atoms with van der Waals surface area (Å²) in [4.78, 5) is 12.8. The van der Waals surface area contributed by atoms with Gasteiger partial charge >= 0.3 is 0 Å². The second-order valence-electron chi connectivity index (χ2n) is 9.01. The van der Waals surface area contributed by atoms with Gasteiger partial charge in [0, 0.05) is 37.0 Å². The molecule has 0 unspecified atom stereocenters. The van der Waals surface area contributed by atoms with E-state index in [-0.39, 0.29) is 23.0 Å². The third-order valence-electron chi connectivity index (χ3n) is 4.58. The van der Waals surface area contributed by atoms with Gasteiger partial charge in [0.05, 0.1) is 5.03 Å². The van der Waals surface area contributed by atoms with Crippen LogP contribution >= 0.6 is 11.8 Å². The zero-order valence-corrected chi connectivity index (χ0v) is 18.0. The zero-order valence-electron chi connectivity index (χ0n) is 17.2. The van der Waals surface area contributed by atoms with Crippen LogP contribution in [0.2, 0.25) is 0 Å². The van der Waals surface area contributed by atoms with Gasteiger partial charge in [-0.05, 0) is 33.6 Å². The number of carbonyl (C=O) groups excluding carboxylic acids is 1. The van der Waals surface area contributed by atoms with Crippen LogP contribution in [0.3, 0.4) is 0 Å². The minimum atomic E-state index is -0.230. The Hall–Kier alpha value is -2.19. The molecule has 0 aliphatic carbocycles. The molecule has 1 aromatic carbocycles. The smallest absolute Gasteiger partial charge is 0.168 e. The van der Waals surface area contributed by atoms with E-state index in [0.29, 0.717) is 11.3 Å². The number of ketones is 1. The molecule has 144 valence electrons. The second kappa shape index (κ2) is 7.44. The maximum absolute atomic E-state index is 12.8. The van der Waals surface area contributed by atoms with Crippen LogP contribution in [0.15, 0.2) is 29.4 Å². The van der Waals surface area contributed by atoms with Crippen molar-refractivity contribution < 1.29 is 9.90 Å². The Kier molecular flexibility index (Phi) is 5.82. The lowest BCUT2D eigenvalue weighted by Crippen LogP contribution is -2.18. The van der Waals surface area contributed by atoms with Crippen LogP contribution in [0.25, 0.3) is 0 Å². The van der Waals surface area contributed by atoms with E-state index in [4.69, 9.17) is 5.26 Å². The Balaban J connectivity index is 2.45. The minimum Gasteiger partial charge on any atom is -0.507 e. The Labute approximate surface area is 166 Å². The highest BCUT2D eigenvalue weighted by Gasteiger charge is 2.27. The number of phenolic OH excluding ortho intramolecular Hbond substituents is 1. The Bertz CT molecular complexity index is 871. The molecule has 0 aliphatic rings. The molecule has 0 atom stereocenters. The van der Waals surface area contributed by atoms with Crippen LogP contribution in [0.5, 0.6) is 5.75 Å². The Morgan fingerprint density at radius 2 is 1.63 bits per heavy atom. The molecule has 1 heterocycles. The average Bonchev–Trinajstić information content (AvgIpc) is 2.88. The summed E-state index contributed by atoms with van der Waals surface area (Å²) in [5.41, 5.74) is 2.74. The van der Waals surface area contributed by atoms with E-state index in [0.717, 1.165) is 33.5 Å². The van der Waals surface area contributed by atoms with E-state index in [1.807, 2.05) is 24.6 Å². The Morgan fingerprint density at radius 3 is 2.07 bits per heavy atom. The van der Waals surface area contributed by atoms with Crippen molar-refractivity contribution in [3.63, 3.8) is 0 Å². The first-order chi connectivity index (χ1) is 12.3. The van der Waals surface area contributed by atoms with Crippen molar-refractivity contribution in [2.75, 3.05) is 0 Å². The lowest BCUT2D eigenvalue weighted by molar-refractivity contribution is 0.0992. The van der Waals surface area contributed by atoms with Gasteiger partial charge in [-0.3, -0.25) is 4.79 Å². The summed E-state index contributed by atoms with van der Waals surface area (Å²) in [5.74, 6) is 0.319. The maximum atomic E-state index is 12.8. The molecule has 0 fully saturated rings. The number of thiocyanates is 1. The van der Waals surface area contributed by atoms with E-state index in [1.165, 1.54) is 0 Å². The number of nitriles is 1. The number of carbonyl (C=O) groups is 1. The molecule has 0 spiro atoms. The molecule has 0 saturated heterocycles. The SMILES string of the molecule is Cn1cc(C(=O)Cc2cc(C(C)(C)C)c(O)c(C(C)(C)C)c2)cc1SC#N. The summed E-state index contributed by atoms with van der Waals surface area (Å²) in [6, 6.07) is 5.64. The van der Waals surface area contributed by atoms with Crippen LogP contribution in [-0.4, -0.2) is 15.5 Å². The van der Waals surface area contributed by atoms with Crippen molar-refractivity contribution in [2.24, 2.45) is 7.05 Å². The number of aromatic nitrogens is 1. The molecular weight excluding hydrogens is 356 g/mol. The molecule has 5 heteroatoms. The molecule has 1 N–H and O–H groups in total. The Morgan fingerprint density at radius 1 is 1.11 bits per heavy atom. The van der Waals surface area contributed by atoms with Crippen molar-refractivity contribution in [2.45, 2.75) is 63.8 Å². The fourth-order valence-corrected chi connectivity index (χ4v) is 3.55. The predicted octanol–water partition coefficient (Wildman–Crippen LogP) is 5.32. The summed E-state index contributed by atoms with van der Waals surface area (Å²) >= 11 is 1.04. The van der Waals surface area contributed by atoms with Gasteiger partial charge in [0.2, 0.25) is 0 Å². The zero-order chi connectivity index (χ0) is 20.6. The average molecular weight is 385 g/mol. The van der Waals surface area contributed by atoms with Crippen molar-refractivity contribution in [1.29, 1.82) is 5.26 Å². The maximum Gasteiger partial charge on any atom is 0.168 e. The normalized spacial score (nSPS) is 12.1. The standard InChI is InChI=1S/C22H28N2O2S/c1-21(2,3)16-8-14(9-17(20(16)26)22(4,5)6)10-18(25)15-11-19(27-13-23)24(7)12-15/h8-9,11-12,26H,10H2,1-7H3. The lowest BCUT2D eigenvalue weighted by atomic mass is 9.78. The van der Waals surface area contributed by atoms with Crippen LogP contribution in [0.4, 0.5) is 0 Å². The van der Waals surface area contributed by atoms with Gasteiger partial charge in [0.15, 0.2) is 5.78 Å². The van der Waals surface area contributed by atoms with Crippen molar-refractivity contribution >= 4 is 17.5 Å². The summed E-state index contributed by atoms with van der Waals surface area (Å²) in [6.07, 6.45) is 2.02. The molecule has 0 saturated carbocycles. The number of Topliss-reactive ketones (excluding diaryl/α,β-unsaturated/α-hetero) is 1. The van der Waals surface area contributed by atoms with Gasteiger partial charge in [0.1, 0.15) is 11.2 Å². The lowest BCUT2D eigenvalue weighted by Gasteiger charge is -2.28. The largest absolute Gasteiger partial charge is 0.507 e. The number of thioether (sulfide) groups is 1. The number of benzene rings is 1. The number of hydrogen-bond acceptors (Lipinski definition) is 4. The van der Waals surface area contributed by atoms with Gasteiger partial charge < -0.3 is 9.67 Å². The highest BCUT2D eigenvalue weighted by Crippen LogP contribution is 2.40. The van der Waals surface area contributed by atoms with E-state index >= 15 is 0 Å². The first kappa shape index (κ1) is 21.1. The third kappa shape index (κ3) is 4.75. The number of rotatable bonds is 4.